The minimum atomic E-state index is -0.802. The molecule has 3 amide bonds. The smallest absolute Gasteiger partial charge is 0.247 e. The summed E-state index contributed by atoms with van der Waals surface area (Å²) in [6.45, 7) is 7.48. The third kappa shape index (κ3) is 10.2. The zero-order valence-corrected chi connectivity index (χ0v) is 20.0. The summed E-state index contributed by atoms with van der Waals surface area (Å²) >= 11 is 0. The Labute approximate surface area is 195 Å². The quantitative estimate of drug-likeness (QED) is 0.180. The molecule has 186 valence electrons. The highest BCUT2D eigenvalue weighted by molar-refractivity contribution is 5.90. The highest BCUT2D eigenvalue weighted by atomic mass is 19.1. The van der Waals surface area contributed by atoms with Crippen LogP contribution in [0.2, 0.25) is 0 Å². The van der Waals surface area contributed by atoms with Crippen molar-refractivity contribution in [1.29, 1.82) is 0 Å². The second kappa shape index (κ2) is 15.2. The van der Waals surface area contributed by atoms with Gasteiger partial charge in [0.25, 0.3) is 0 Å². The fraction of sp³-hybridized carbons (Fsp3) is 0.625. The van der Waals surface area contributed by atoms with Crippen molar-refractivity contribution < 1.29 is 28.7 Å². The van der Waals surface area contributed by atoms with E-state index in [1.165, 1.54) is 0 Å². The van der Waals surface area contributed by atoms with Crippen LogP contribution in [0, 0.1) is 30.6 Å². The van der Waals surface area contributed by atoms with Crippen molar-refractivity contribution in [2.45, 2.75) is 47.0 Å². The summed E-state index contributed by atoms with van der Waals surface area (Å²) in [7, 11) is 0. The first-order chi connectivity index (χ1) is 15.7. The molecule has 1 aromatic carbocycles. The van der Waals surface area contributed by atoms with Crippen molar-refractivity contribution >= 4 is 17.7 Å². The zero-order chi connectivity index (χ0) is 24.8. The second-order valence-electron chi connectivity index (χ2n) is 8.63. The summed E-state index contributed by atoms with van der Waals surface area (Å²) in [5, 5.41) is 14.4. The highest BCUT2D eigenvalue weighted by Crippen LogP contribution is 2.31. The van der Waals surface area contributed by atoms with E-state index in [4.69, 9.17) is 4.74 Å². The van der Waals surface area contributed by atoms with E-state index >= 15 is 0 Å². The standard InChI is InChI=1S/C24H38FN3O5/c1-16(2)18(4)22(24(31)27-15-21(29)26-13-6-12-25)20(23(30)28-32)7-5-14-33-19-10-8-17(3)9-11-19/h8-11,16,18,20,22,32H,5-7,12-15H2,1-4H3,(H,26,29)(H,27,31)(H,28,30)/t18?,20-,22+/m0/s1. The Hall–Kier alpha value is -2.68. The Morgan fingerprint density at radius 2 is 1.70 bits per heavy atom. The van der Waals surface area contributed by atoms with Gasteiger partial charge in [-0.1, -0.05) is 38.5 Å². The number of alkyl halides is 1. The van der Waals surface area contributed by atoms with E-state index in [9.17, 15) is 24.0 Å². The first-order valence-corrected chi connectivity index (χ1v) is 11.4. The molecular weight excluding hydrogens is 429 g/mol. The van der Waals surface area contributed by atoms with Gasteiger partial charge in [0, 0.05) is 6.54 Å². The van der Waals surface area contributed by atoms with E-state index in [0.717, 1.165) is 5.56 Å². The van der Waals surface area contributed by atoms with Gasteiger partial charge in [0.15, 0.2) is 0 Å². The number of nitrogens with one attached hydrogen (secondary N) is 3. The van der Waals surface area contributed by atoms with Gasteiger partial charge < -0.3 is 15.4 Å². The predicted octanol–water partition coefficient (Wildman–Crippen LogP) is 2.78. The van der Waals surface area contributed by atoms with Gasteiger partial charge in [-0.3, -0.25) is 24.0 Å². The lowest BCUT2D eigenvalue weighted by Gasteiger charge is -2.32. The van der Waals surface area contributed by atoms with Gasteiger partial charge in [-0.15, -0.1) is 0 Å². The number of aryl methyl sites for hydroxylation is 1. The van der Waals surface area contributed by atoms with Crippen molar-refractivity contribution in [3.8, 4) is 5.75 Å². The lowest BCUT2D eigenvalue weighted by atomic mass is 9.74. The molecule has 0 saturated carbocycles. The summed E-state index contributed by atoms with van der Waals surface area (Å²) in [5.74, 6) is -2.47. The Morgan fingerprint density at radius 1 is 1.03 bits per heavy atom. The van der Waals surface area contributed by atoms with Gasteiger partial charge in [0.1, 0.15) is 5.75 Å². The minimum Gasteiger partial charge on any atom is -0.494 e. The number of benzene rings is 1. The zero-order valence-electron chi connectivity index (χ0n) is 20.0. The molecule has 33 heavy (non-hydrogen) atoms. The van der Waals surface area contributed by atoms with Crippen molar-refractivity contribution in [2.75, 3.05) is 26.4 Å². The first-order valence-electron chi connectivity index (χ1n) is 11.4. The van der Waals surface area contributed by atoms with Crippen LogP contribution in [0.25, 0.3) is 0 Å². The molecule has 0 spiro atoms. The van der Waals surface area contributed by atoms with E-state index in [1.54, 1.807) is 5.48 Å². The van der Waals surface area contributed by atoms with Crippen LogP contribution in [0.3, 0.4) is 0 Å². The topological polar surface area (TPSA) is 117 Å². The summed E-state index contributed by atoms with van der Waals surface area (Å²) < 4.78 is 17.9. The average molecular weight is 468 g/mol. The maximum absolute atomic E-state index is 13.0. The summed E-state index contributed by atoms with van der Waals surface area (Å²) in [5.41, 5.74) is 2.80. The van der Waals surface area contributed by atoms with Gasteiger partial charge in [0.05, 0.1) is 31.7 Å². The van der Waals surface area contributed by atoms with Crippen LogP contribution in [0.5, 0.6) is 5.75 Å². The minimum absolute atomic E-state index is 0.0805. The maximum Gasteiger partial charge on any atom is 0.247 e. The predicted molar refractivity (Wildman–Crippen MR) is 123 cm³/mol. The summed E-state index contributed by atoms with van der Waals surface area (Å²) in [6, 6.07) is 7.61. The molecule has 3 atom stereocenters. The van der Waals surface area contributed by atoms with E-state index in [-0.39, 0.29) is 31.3 Å². The molecule has 0 radical (unpaired) electrons. The van der Waals surface area contributed by atoms with Crippen molar-refractivity contribution in [2.24, 2.45) is 23.7 Å². The molecule has 0 saturated heterocycles. The number of amides is 3. The number of hydroxylamine groups is 1. The van der Waals surface area contributed by atoms with Crippen LogP contribution in [0.1, 0.15) is 45.6 Å². The number of hydrogen-bond donors (Lipinski definition) is 4. The van der Waals surface area contributed by atoms with Crippen LogP contribution >= 0.6 is 0 Å². The molecule has 0 fully saturated rings. The fourth-order valence-electron chi connectivity index (χ4n) is 3.53. The highest BCUT2D eigenvalue weighted by Gasteiger charge is 2.38. The molecule has 0 aliphatic heterocycles. The normalized spacial score (nSPS) is 13.7. The molecule has 0 heterocycles. The van der Waals surface area contributed by atoms with Crippen LogP contribution < -0.4 is 20.9 Å². The molecule has 0 aliphatic carbocycles. The van der Waals surface area contributed by atoms with Gasteiger partial charge in [-0.25, -0.2) is 5.48 Å². The monoisotopic (exact) mass is 467 g/mol. The first kappa shape index (κ1) is 28.4. The van der Waals surface area contributed by atoms with Crippen molar-refractivity contribution in [3.05, 3.63) is 29.8 Å². The van der Waals surface area contributed by atoms with Crippen LogP contribution in [-0.2, 0) is 14.4 Å². The maximum atomic E-state index is 13.0. The van der Waals surface area contributed by atoms with Crippen LogP contribution in [0.15, 0.2) is 24.3 Å². The fourth-order valence-corrected chi connectivity index (χ4v) is 3.53. The number of halogens is 1. The Balaban J connectivity index is 2.81. The molecule has 1 rings (SSSR count). The number of carbonyl (C=O) groups excluding carboxylic acids is 3. The molecule has 0 bridgehead atoms. The Morgan fingerprint density at radius 3 is 2.27 bits per heavy atom. The van der Waals surface area contributed by atoms with Crippen LogP contribution in [-0.4, -0.2) is 49.3 Å². The molecule has 0 aliphatic rings. The Kier molecular flexibility index (Phi) is 13.1. The lowest BCUT2D eigenvalue weighted by Crippen LogP contribution is -2.47. The Bertz CT molecular complexity index is 742. The van der Waals surface area contributed by atoms with E-state index in [1.807, 2.05) is 52.0 Å². The molecule has 9 heteroatoms. The average Bonchev–Trinajstić information content (AvgIpc) is 2.79. The van der Waals surface area contributed by atoms with Crippen LogP contribution in [0.4, 0.5) is 4.39 Å². The summed E-state index contributed by atoms with van der Waals surface area (Å²) in [4.78, 5) is 37.4. The number of hydrogen-bond acceptors (Lipinski definition) is 5. The molecule has 4 N–H and O–H groups in total. The second-order valence-corrected chi connectivity index (χ2v) is 8.63. The van der Waals surface area contributed by atoms with E-state index < -0.39 is 36.2 Å². The van der Waals surface area contributed by atoms with Crippen molar-refractivity contribution in [1.82, 2.24) is 16.1 Å². The molecule has 0 aromatic heterocycles. The number of carbonyl (C=O) groups is 3. The van der Waals surface area contributed by atoms with Gasteiger partial charge in [-0.05, 0) is 50.2 Å². The lowest BCUT2D eigenvalue weighted by molar-refractivity contribution is -0.143. The molecular formula is C24H38FN3O5. The van der Waals surface area contributed by atoms with E-state index in [2.05, 4.69) is 10.6 Å². The summed E-state index contributed by atoms with van der Waals surface area (Å²) in [6.07, 6.45) is 1.01. The number of rotatable bonds is 15. The molecule has 1 aromatic rings. The third-order valence-electron chi connectivity index (χ3n) is 5.81. The molecule has 8 nitrogen and oxygen atoms in total. The largest absolute Gasteiger partial charge is 0.494 e. The third-order valence-corrected chi connectivity index (χ3v) is 5.81. The molecule has 1 unspecified atom stereocenters. The SMILES string of the molecule is Cc1ccc(OCCC[C@H](C(=O)NO)[C@H](C(=O)NCC(=O)NCCCF)C(C)C(C)C)cc1. The van der Waals surface area contributed by atoms with E-state index in [0.29, 0.717) is 25.2 Å². The van der Waals surface area contributed by atoms with Gasteiger partial charge in [-0.2, -0.15) is 0 Å². The van der Waals surface area contributed by atoms with Crippen molar-refractivity contribution in [3.63, 3.8) is 0 Å². The van der Waals surface area contributed by atoms with Gasteiger partial charge >= 0.3 is 0 Å². The van der Waals surface area contributed by atoms with Gasteiger partial charge in [0.2, 0.25) is 17.7 Å². The number of ether oxygens (including phenoxy) is 1.